The molecule has 0 saturated heterocycles. The van der Waals surface area contributed by atoms with Crippen molar-refractivity contribution in [3.63, 3.8) is 0 Å². The Morgan fingerprint density at radius 1 is 1.27 bits per heavy atom. The normalized spacial score (nSPS) is 10.8. The van der Waals surface area contributed by atoms with Gasteiger partial charge in [-0.05, 0) is 41.5 Å². The smallest absolute Gasteiger partial charge is 0.250 e. The lowest BCUT2D eigenvalue weighted by Crippen LogP contribution is -2.07. The second kappa shape index (κ2) is 8.65. The van der Waals surface area contributed by atoms with Gasteiger partial charge in [-0.1, -0.05) is 35.9 Å². The van der Waals surface area contributed by atoms with Crippen LogP contribution in [-0.4, -0.2) is 18.0 Å². The number of amides is 1. The van der Waals surface area contributed by atoms with Gasteiger partial charge in [0.15, 0.2) is 5.13 Å². The third-order valence-electron chi connectivity index (χ3n) is 3.60. The Labute approximate surface area is 161 Å². The monoisotopic (exact) mass is 384 g/mol. The molecule has 0 fully saturated rings. The van der Waals surface area contributed by atoms with Gasteiger partial charge in [-0.3, -0.25) is 10.1 Å². The van der Waals surface area contributed by atoms with Gasteiger partial charge < -0.3 is 4.74 Å². The van der Waals surface area contributed by atoms with Crippen molar-refractivity contribution >= 4 is 40.1 Å². The third-order valence-corrected chi connectivity index (χ3v) is 4.76. The molecular formula is C20H17ClN2O2S. The summed E-state index contributed by atoms with van der Waals surface area (Å²) in [5.41, 5.74) is 2.04. The van der Waals surface area contributed by atoms with Crippen molar-refractivity contribution in [3.8, 4) is 5.75 Å². The number of nitrogens with one attached hydrogen (secondary N) is 1. The van der Waals surface area contributed by atoms with Gasteiger partial charge in [0.25, 0.3) is 0 Å². The maximum atomic E-state index is 12.1. The van der Waals surface area contributed by atoms with Crippen molar-refractivity contribution in [1.82, 2.24) is 4.98 Å². The van der Waals surface area contributed by atoms with Crippen LogP contribution in [0, 0.1) is 0 Å². The number of benzene rings is 2. The Morgan fingerprint density at radius 3 is 2.85 bits per heavy atom. The Balaban J connectivity index is 1.58. The second-order valence-electron chi connectivity index (χ2n) is 5.53. The van der Waals surface area contributed by atoms with E-state index in [-0.39, 0.29) is 5.91 Å². The second-order valence-corrected chi connectivity index (χ2v) is 7.09. The SMILES string of the molecule is COc1cccc(/C=C/C(=O)Nc2ncc(Cc3ccc(Cl)cc3)s2)c1. The number of thiazole rings is 1. The maximum absolute atomic E-state index is 12.1. The minimum atomic E-state index is -0.222. The molecule has 0 aliphatic carbocycles. The lowest BCUT2D eigenvalue weighted by atomic mass is 10.1. The number of anilines is 1. The van der Waals surface area contributed by atoms with Crippen molar-refractivity contribution in [3.05, 3.63) is 81.8 Å². The summed E-state index contributed by atoms with van der Waals surface area (Å²) in [5.74, 6) is 0.527. The average Bonchev–Trinajstić information content (AvgIpc) is 3.09. The summed E-state index contributed by atoms with van der Waals surface area (Å²) in [5, 5.41) is 4.08. The van der Waals surface area contributed by atoms with E-state index in [4.69, 9.17) is 16.3 Å². The van der Waals surface area contributed by atoms with Gasteiger partial charge in [0.1, 0.15) is 5.75 Å². The molecule has 0 atom stereocenters. The maximum Gasteiger partial charge on any atom is 0.250 e. The van der Waals surface area contributed by atoms with E-state index < -0.39 is 0 Å². The predicted octanol–water partition coefficient (Wildman–Crippen LogP) is 5.05. The van der Waals surface area contributed by atoms with Crippen molar-refractivity contribution in [2.75, 3.05) is 12.4 Å². The van der Waals surface area contributed by atoms with E-state index in [1.165, 1.54) is 17.4 Å². The van der Waals surface area contributed by atoms with E-state index in [2.05, 4.69) is 10.3 Å². The highest BCUT2D eigenvalue weighted by Crippen LogP contribution is 2.22. The number of carbonyl (C=O) groups excluding carboxylic acids is 1. The first-order valence-corrected chi connectivity index (χ1v) is 9.14. The molecule has 4 nitrogen and oxygen atoms in total. The van der Waals surface area contributed by atoms with Crippen LogP contribution in [0.5, 0.6) is 5.75 Å². The molecule has 3 aromatic rings. The van der Waals surface area contributed by atoms with E-state index in [9.17, 15) is 4.79 Å². The molecule has 1 amide bonds. The Kier molecular flexibility index (Phi) is 6.04. The van der Waals surface area contributed by atoms with Crippen molar-refractivity contribution in [2.24, 2.45) is 0 Å². The molecule has 26 heavy (non-hydrogen) atoms. The third kappa shape index (κ3) is 5.18. The number of hydrogen-bond donors (Lipinski definition) is 1. The number of carbonyl (C=O) groups is 1. The summed E-state index contributed by atoms with van der Waals surface area (Å²) in [4.78, 5) is 17.4. The van der Waals surface area contributed by atoms with E-state index in [1.54, 1.807) is 19.4 Å². The number of methoxy groups -OCH3 is 1. The predicted molar refractivity (Wildman–Crippen MR) is 107 cm³/mol. The van der Waals surface area contributed by atoms with E-state index >= 15 is 0 Å². The molecule has 6 heteroatoms. The van der Waals surface area contributed by atoms with Gasteiger partial charge in [-0.2, -0.15) is 0 Å². The fourth-order valence-electron chi connectivity index (χ4n) is 2.31. The number of hydrogen-bond acceptors (Lipinski definition) is 4. The molecule has 1 aromatic heterocycles. The molecule has 0 spiro atoms. The summed E-state index contributed by atoms with van der Waals surface area (Å²) in [6, 6.07) is 15.2. The highest BCUT2D eigenvalue weighted by Gasteiger charge is 2.05. The summed E-state index contributed by atoms with van der Waals surface area (Å²) >= 11 is 7.35. The van der Waals surface area contributed by atoms with Crippen LogP contribution in [0.25, 0.3) is 6.08 Å². The zero-order valence-corrected chi connectivity index (χ0v) is 15.7. The fraction of sp³-hybridized carbons (Fsp3) is 0.100. The van der Waals surface area contributed by atoms with Gasteiger partial charge in [0, 0.05) is 28.6 Å². The molecule has 1 heterocycles. The van der Waals surface area contributed by atoms with Crippen molar-refractivity contribution in [2.45, 2.75) is 6.42 Å². The standard InChI is InChI=1S/C20H17ClN2O2S/c1-25-17-4-2-3-14(11-17)7-10-19(24)23-20-22-13-18(26-20)12-15-5-8-16(21)9-6-15/h2-11,13H,12H2,1H3,(H,22,23,24)/b10-7+. The first kappa shape index (κ1) is 18.2. The van der Waals surface area contributed by atoms with Crippen LogP contribution < -0.4 is 10.1 Å². The van der Waals surface area contributed by atoms with Gasteiger partial charge in [-0.25, -0.2) is 4.98 Å². The summed E-state index contributed by atoms with van der Waals surface area (Å²) in [6.07, 6.45) is 5.75. The number of nitrogens with zero attached hydrogens (tertiary/aromatic N) is 1. The highest BCUT2D eigenvalue weighted by atomic mass is 35.5. The number of halogens is 1. The van der Waals surface area contributed by atoms with Crippen molar-refractivity contribution in [1.29, 1.82) is 0 Å². The molecule has 0 radical (unpaired) electrons. The van der Waals surface area contributed by atoms with Crippen LogP contribution in [0.4, 0.5) is 5.13 Å². The van der Waals surface area contributed by atoms with Crippen LogP contribution in [-0.2, 0) is 11.2 Å². The number of ether oxygens (including phenoxy) is 1. The van der Waals surface area contributed by atoms with Gasteiger partial charge in [-0.15, -0.1) is 11.3 Å². The van der Waals surface area contributed by atoms with Gasteiger partial charge in [0.05, 0.1) is 7.11 Å². The number of aromatic nitrogens is 1. The first-order valence-electron chi connectivity index (χ1n) is 7.94. The minimum Gasteiger partial charge on any atom is -0.497 e. The molecule has 1 N–H and O–H groups in total. The zero-order valence-electron chi connectivity index (χ0n) is 14.1. The van der Waals surface area contributed by atoms with Crippen LogP contribution in [0.3, 0.4) is 0 Å². The Morgan fingerprint density at radius 2 is 2.08 bits per heavy atom. The van der Waals surface area contributed by atoms with Gasteiger partial charge in [0.2, 0.25) is 5.91 Å². The lowest BCUT2D eigenvalue weighted by Gasteiger charge is -2.00. The first-order chi connectivity index (χ1) is 12.6. The molecular weight excluding hydrogens is 368 g/mol. The van der Waals surface area contributed by atoms with E-state index in [0.717, 1.165) is 28.2 Å². The molecule has 0 bridgehead atoms. The van der Waals surface area contributed by atoms with Crippen LogP contribution in [0.15, 0.2) is 60.8 Å². The molecule has 132 valence electrons. The van der Waals surface area contributed by atoms with Crippen LogP contribution in [0.1, 0.15) is 16.0 Å². The van der Waals surface area contributed by atoms with Crippen LogP contribution >= 0.6 is 22.9 Å². The highest BCUT2D eigenvalue weighted by molar-refractivity contribution is 7.15. The van der Waals surface area contributed by atoms with Gasteiger partial charge >= 0.3 is 0 Å². The molecule has 3 rings (SSSR count). The average molecular weight is 385 g/mol. The van der Waals surface area contributed by atoms with E-state index in [0.29, 0.717) is 10.2 Å². The number of rotatable bonds is 6. The topological polar surface area (TPSA) is 51.2 Å². The Hall–Kier alpha value is -2.63. The minimum absolute atomic E-state index is 0.222. The molecule has 0 aliphatic heterocycles. The summed E-state index contributed by atoms with van der Waals surface area (Å²) < 4.78 is 5.17. The van der Waals surface area contributed by atoms with Crippen LogP contribution in [0.2, 0.25) is 5.02 Å². The largest absolute Gasteiger partial charge is 0.497 e. The molecule has 0 saturated carbocycles. The lowest BCUT2D eigenvalue weighted by molar-refractivity contribution is -0.111. The molecule has 0 unspecified atom stereocenters. The van der Waals surface area contributed by atoms with Crippen molar-refractivity contribution < 1.29 is 9.53 Å². The fourth-order valence-corrected chi connectivity index (χ4v) is 3.29. The summed E-state index contributed by atoms with van der Waals surface area (Å²) in [6.45, 7) is 0. The molecule has 0 aliphatic rings. The zero-order chi connectivity index (χ0) is 18.4. The molecule has 2 aromatic carbocycles. The van der Waals surface area contributed by atoms with E-state index in [1.807, 2.05) is 48.5 Å². The Bertz CT molecular complexity index is 920. The quantitative estimate of drug-likeness (QED) is 0.605. The summed E-state index contributed by atoms with van der Waals surface area (Å²) in [7, 11) is 1.61.